The normalized spacial score (nSPS) is 13.4. The first kappa shape index (κ1) is 18.1. The first-order chi connectivity index (χ1) is 13.6. The fourth-order valence-electron chi connectivity index (χ4n) is 3.22. The molecule has 0 fully saturated rings. The maximum absolute atomic E-state index is 13.0. The van der Waals surface area contributed by atoms with Gasteiger partial charge in [-0.2, -0.15) is 0 Å². The van der Waals surface area contributed by atoms with Gasteiger partial charge in [-0.05, 0) is 49.4 Å². The van der Waals surface area contributed by atoms with Crippen LogP contribution in [0.3, 0.4) is 0 Å². The Kier molecular flexibility index (Phi) is 5.03. The zero-order chi connectivity index (χ0) is 19.5. The maximum Gasteiger partial charge on any atom is 0.433 e. The molecule has 0 atom stereocenters. The number of hydrogen-bond acceptors (Lipinski definition) is 6. The molecule has 7 nitrogen and oxygen atoms in total. The van der Waals surface area contributed by atoms with Gasteiger partial charge in [-0.1, -0.05) is 18.2 Å². The molecular weight excluding hydrogens is 378 g/mol. The van der Waals surface area contributed by atoms with E-state index in [9.17, 15) is 14.9 Å². The molecule has 0 aliphatic heterocycles. The number of anilines is 1. The van der Waals surface area contributed by atoms with Crippen LogP contribution in [0, 0.1) is 10.1 Å². The standard InChI is InChI=1S/C20H17N3O4S/c24-19(22-13-6-2-1-3-7-13)18-15-8-4-5-9-16(15)28-20(18)21-12-14-10-11-17(27-14)23(25)26/h1-3,6-7,10-12H,4-5,8-9H2,(H,22,24). The summed E-state index contributed by atoms with van der Waals surface area (Å²) in [7, 11) is 0. The van der Waals surface area contributed by atoms with Gasteiger partial charge in [0.05, 0.1) is 17.8 Å². The number of carbonyl (C=O) groups is 1. The smallest absolute Gasteiger partial charge is 0.400 e. The van der Waals surface area contributed by atoms with E-state index >= 15 is 0 Å². The quantitative estimate of drug-likeness (QED) is 0.368. The van der Waals surface area contributed by atoms with E-state index in [0.29, 0.717) is 10.6 Å². The van der Waals surface area contributed by atoms with Crippen LogP contribution < -0.4 is 5.32 Å². The van der Waals surface area contributed by atoms with Gasteiger partial charge in [0, 0.05) is 10.6 Å². The second-order valence-electron chi connectivity index (χ2n) is 6.40. The number of thiophene rings is 1. The molecule has 1 aliphatic rings. The van der Waals surface area contributed by atoms with Gasteiger partial charge in [-0.25, -0.2) is 4.99 Å². The molecule has 0 saturated heterocycles. The minimum atomic E-state index is -0.597. The zero-order valence-electron chi connectivity index (χ0n) is 14.9. The fraction of sp³-hybridized carbons (Fsp3) is 0.200. The Bertz CT molecular complexity index is 1050. The van der Waals surface area contributed by atoms with E-state index in [-0.39, 0.29) is 17.6 Å². The van der Waals surface area contributed by atoms with Crippen molar-refractivity contribution in [2.24, 2.45) is 4.99 Å². The Morgan fingerprint density at radius 1 is 1.18 bits per heavy atom. The molecule has 2 heterocycles. The fourth-order valence-corrected chi connectivity index (χ4v) is 4.45. The van der Waals surface area contributed by atoms with Crippen LogP contribution in [0.1, 0.15) is 39.4 Å². The number of para-hydroxylation sites is 1. The highest BCUT2D eigenvalue weighted by Gasteiger charge is 2.25. The number of fused-ring (bicyclic) bond motifs is 1. The Balaban J connectivity index is 1.66. The number of nitrogens with zero attached hydrogens (tertiary/aromatic N) is 2. The number of rotatable bonds is 5. The molecule has 3 aromatic rings. The minimum absolute atomic E-state index is 0.192. The highest BCUT2D eigenvalue weighted by atomic mass is 32.1. The Morgan fingerprint density at radius 2 is 1.96 bits per heavy atom. The van der Waals surface area contributed by atoms with Crippen molar-refractivity contribution < 1.29 is 14.1 Å². The average molecular weight is 395 g/mol. The van der Waals surface area contributed by atoms with Crippen molar-refractivity contribution in [1.29, 1.82) is 0 Å². The summed E-state index contributed by atoms with van der Waals surface area (Å²) in [6.07, 6.45) is 5.35. The van der Waals surface area contributed by atoms with E-state index in [1.54, 1.807) is 0 Å². The molecule has 4 rings (SSSR count). The lowest BCUT2D eigenvalue weighted by atomic mass is 9.95. The molecule has 1 aromatic carbocycles. The van der Waals surface area contributed by atoms with Crippen LogP contribution in [0.15, 0.2) is 51.9 Å². The van der Waals surface area contributed by atoms with Gasteiger partial charge in [-0.3, -0.25) is 14.9 Å². The van der Waals surface area contributed by atoms with Crippen molar-refractivity contribution in [3.8, 4) is 0 Å². The van der Waals surface area contributed by atoms with Crippen LogP contribution in [0.25, 0.3) is 0 Å². The summed E-state index contributed by atoms with van der Waals surface area (Å²) in [5.74, 6) is -0.260. The van der Waals surface area contributed by atoms with Gasteiger partial charge < -0.3 is 9.73 Å². The van der Waals surface area contributed by atoms with Gasteiger partial charge in [-0.15, -0.1) is 11.3 Å². The summed E-state index contributed by atoms with van der Waals surface area (Å²) in [5, 5.41) is 14.3. The van der Waals surface area contributed by atoms with Crippen LogP contribution in [0.4, 0.5) is 16.6 Å². The highest BCUT2D eigenvalue weighted by molar-refractivity contribution is 7.16. The SMILES string of the molecule is O=C(Nc1ccccc1)c1c(N=Cc2ccc([N+](=O)[O-])o2)sc2c1CCCC2. The summed E-state index contributed by atoms with van der Waals surface area (Å²) in [6.45, 7) is 0. The number of aliphatic imine (C=N–C) groups is 1. The first-order valence-electron chi connectivity index (χ1n) is 8.91. The lowest BCUT2D eigenvalue weighted by molar-refractivity contribution is -0.402. The number of nitrogens with one attached hydrogen (secondary N) is 1. The lowest BCUT2D eigenvalue weighted by Crippen LogP contribution is -2.14. The van der Waals surface area contributed by atoms with E-state index in [2.05, 4.69) is 10.3 Å². The topological polar surface area (TPSA) is 97.7 Å². The van der Waals surface area contributed by atoms with Crippen LogP contribution in [-0.4, -0.2) is 17.0 Å². The third-order valence-corrected chi connectivity index (χ3v) is 5.71. The van der Waals surface area contributed by atoms with Gasteiger partial charge in [0.1, 0.15) is 9.92 Å². The number of aryl methyl sites for hydroxylation is 1. The van der Waals surface area contributed by atoms with Crippen LogP contribution >= 0.6 is 11.3 Å². The van der Waals surface area contributed by atoms with Crippen LogP contribution in [0.2, 0.25) is 0 Å². The summed E-state index contributed by atoms with van der Waals surface area (Å²) in [5.41, 5.74) is 2.36. The number of benzene rings is 1. The van der Waals surface area contributed by atoms with Crippen molar-refractivity contribution in [3.63, 3.8) is 0 Å². The number of amides is 1. The summed E-state index contributed by atoms with van der Waals surface area (Å²) in [6, 6.07) is 12.1. The van der Waals surface area contributed by atoms with Crippen LogP contribution in [-0.2, 0) is 12.8 Å². The molecule has 0 radical (unpaired) electrons. The minimum Gasteiger partial charge on any atom is -0.400 e. The van der Waals surface area contributed by atoms with Crippen molar-refractivity contribution in [3.05, 3.63) is 74.3 Å². The first-order valence-corrected chi connectivity index (χ1v) is 9.72. The molecule has 142 valence electrons. The van der Waals surface area contributed by atoms with Crippen molar-refractivity contribution in [2.75, 3.05) is 5.32 Å². The van der Waals surface area contributed by atoms with E-state index in [4.69, 9.17) is 4.42 Å². The van der Waals surface area contributed by atoms with E-state index in [1.165, 1.54) is 34.6 Å². The number of furan rings is 1. The zero-order valence-corrected chi connectivity index (χ0v) is 15.7. The molecule has 1 aliphatic carbocycles. The van der Waals surface area contributed by atoms with Crippen molar-refractivity contribution in [1.82, 2.24) is 0 Å². The maximum atomic E-state index is 13.0. The second-order valence-corrected chi connectivity index (χ2v) is 7.49. The Labute approximate surface area is 164 Å². The monoisotopic (exact) mass is 395 g/mol. The predicted octanol–water partition coefficient (Wildman–Crippen LogP) is 5.13. The Morgan fingerprint density at radius 3 is 2.71 bits per heavy atom. The van der Waals surface area contributed by atoms with Crippen molar-refractivity contribution in [2.45, 2.75) is 25.7 Å². The van der Waals surface area contributed by atoms with Gasteiger partial charge in [0.2, 0.25) is 0 Å². The molecule has 1 N–H and O–H groups in total. The lowest BCUT2D eigenvalue weighted by Gasteiger charge is -2.12. The van der Waals surface area contributed by atoms with Crippen molar-refractivity contribution >= 4 is 40.0 Å². The van der Waals surface area contributed by atoms with E-state index in [0.717, 1.165) is 36.9 Å². The van der Waals surface area contributed by atoms with Gasteiger partial charge in [0.15, 0.2) is 5.76 Å². The van der Waals surface area contributed by atoms with Gasteiger partial charge in [0.25, 0.3) is 5.91 Å². The predicted molar refractivity (Wildman–Crippen MR) is 108 cm³/mol. The van der Waals surface area contributed by atoms with Gasteiger partial charge >= 0.3 is 5.88 Å². The molecule has 0 spiro atoms. The molecule has 2 aromatic heterocycles. The molecule has 0 saturated carbocycles. The Hall–Kier alpha value is -3.26. The third-order valence-electron chi connectivity index (χ3n) is 4.51. The molecular formula is C20H17N3O4S. The molecule has 1 amide bonds. The largest absolute Gasteiger partial charge is 0.433 e. The highest BCUT2D eigenvalue weighted by Crippen LogP contribution is 2.40. The summed E-state index contributed by atoms with van der Waals surface area (Å²) in [4.78, 5) is 28.8. The number of carbonyl (C=O) groups excluding carboxylic acids is 1. The van der Waals surface area contributed by atoms with Crippen LogP contribution in [0.5, 0.6) is 0 Å². The third kappa shape index (κ3) is 3.72. The molecule has 8 heteroatoms. The second kappa shape index (κ2) is 7.77. The number of nitro groups is 1. The van der Waals surface area contributed by atoms with E-state index in [1.807, 2.05) is 30.3 Å². The molecule has 0 bridgehead atoms. The average Bonchev–Trinajstić information content (AvgIpc) is 3.31. The summed E-state index contributed by atoms with van der Waals surface area (Å²) < 4.78 is 5.12. The van der Waals surface area contributed by atoms with E-state index < -0.39 is 4.92 Å². The molecule has 28 heavy (non-hydrogen) atoms. The molecule has 0 unspecified atom stereocenters. The number of hydrogen-bond donors (Lipinski definition) is 1. The summed E-state index contributed by atoms with van der Waals surface area (Å²) >= 11 is 1.50.